The lowest BCUT2D eigenvalue weighted by atomic mass is 9.88. The van der Waals surface area contributed by atoms with Gasteiger partial charge in [0.15, 0.2) is 0 Å². The first-order valence-corrected chi connectivity index (χ1v) is 7.96. The first-order valence-electron chi connectivity index (χ1n) is 7.96. The van der Waals surface area contributed by atoms with Crippen molar-refractivity contribution in [2.45, 2.75) is 52.2 Å². The molecule has 1 saturated heterocycles. The van der Waals surface area contributed by atoms with E-state index in [1.165, 1.54) is 11.1 Å². The Labute approximate surface area is 133 Å². The number of hydrogen-bond acceptors (Lipinski definition) is 3. The van der Waals surface area contributed by atoms with E-state index in [2.05, 4.69) is 25.1 Å². The van der Waals surface area contributed by atoms with Crippen molar-refractivity contribution in [3.8, 4) is 0 Å². The maximum atomic E-state index is 12.2. The smallest absolute Gasteiger partial charge is 0.410 e. The molecular weight excluding hydrogens is 278 g/mol. The number of carbonyl (C=O) groups is 1. The van der Waals surface area contributed by atoms with Crippen molar-refractivity contribution in [2.75, 3.05) is 13.1 Å². The number of aliphatic hydroxyl groups excluding tert-OH is 1. The van der Waals surface area contributed by atoms with Gasteiger partial charge in [-0.2, -0.15) is 0 Å². The average Bonchev–Trinajstić information content (AvgIpc) is 2.39. The number of rotatable bonds is 2. The van der Waals surface area contributed by atoms with Crippen molar-refractivity contribution in [3.63, 3.8) is 0 Å². The number of nitrogens with zero attached hydrogens (tertiary/aromatic N) is 1. The summed E-state index contributed by atoms with van der Waals surface area (Å²) in [5.74, 6) is 0.0584. The third-order valence-corrected chi connectivity index (χ3v) is 3.93. The molecule has 1 heterocycles. The van der Waals surface area contributed by atoms with Crippen LogP contribution in [0.4, 0.5) is 4.79 Å². The molecule has 0 bridgehead atoms. The molecule has 1 aromatic rings. The van der Waals surface area contributed by atoms with Crippen LogP contribution in [-0.4, -0.2) is 40.9 Å². The minimum atomic E-state index is -0.487. The minimum absolute atomic E-state index is 0.0584. The Morgan fingerprint density at radius 2 is 2.14 bits per heavy atom. The number of amides is 1. The zero-order valence-electron chi connectivity index (χ0n) is 14.0. The number of benzene rings is 1. The van der Waals surface area contributed by atoms with Crippen LogP contribution in [0, 0.1) is 12.8 Å². The van der Waals surface area contributed by atoms with Gasteiger partial charge in [-0.1, -0.05) is 29.8 Å². The van der Waals surface area contributed by atoms with Gasteiger partial charge in [-0.3, -0.25) is 0 Å². The van der Waals surface area contributed by atoms with Crippen LogP contribution in [-0.2, 0) is 11.2 Å². The zero-order valence-corrected chi connectivity index (χ0v) is 14.0. The molecule has 122 valence electrons. The normalized spacial score (nSPS) is 22.5. The Bertz CT molecular complexity index is 521. The molecule has 2 atom stereocenters. The van der Waals surface area contributed by atoms with E-state index in [1.807, 2.05) is 26.8 Å². The Morgan fingerprint density at radius 1 is 1.41 bits per heavy atom. The van der Waals surface area contributed by atoms with Gasteiger partial charge in [-0.05, 0) is 46.1 Å². The summed E-state index contributed by atoms with van der Waals surface area (Å²) in [6.07, 6.45) is 0.741. The van der Waals surface area contributed by atoms with Crippen LogP contribution in [0.15, 0.2) is 24.3 Å². The van der Waals surface area contributed by atoms with Crippen LogP contribution in [0.25, 0.3) is 0 Å². The first-order chi connectivity index (χ1) is 10.2. The predicted molar refractivity (Wildman–Crippen MR) is 86.8 cm³/mol. The number of ether oxygens (including phenoxy) is 1. The molecule has 1 aliphatic heterocycles. The number of likely N-dealkylation sites (tertiary alicyclic amines) is 1. The van der Waals surface area contributed by atoms with Crippen LogP contribution >= 0.6 is 0 Å². The molecule has 1 aliphatic rings. The fourth-order valence-corrected chi connectivity index (χ4v) is 2.85. The molecule has 0 saturated carbocycles. The third-order valence-electron chi connectivity index (χ3n) is 3.93. The summed E-state index contributed by atoms with van der Waals surface area (Å²) in [6.45, 7) is 8.77. The fourth-order valence-electron chi connectivity index (χ4n) is 2.85. The first kappa shape index (κ1) is 16.8. The van der Waals surface area contributed by atoms with Gasteiger partial charge in [0.1, 0.15) is 5.60 Å². The van der Waals surface area contributed by atoms with E-state index < -0.39 is 5.60 Å². The molecule has 2 unspecified atom stereocenters. The highest BCUT2D eigenvalue weighted by Gasteiger charge is 2.32. The summed E-state index contributed by atoms with van der Waals surface area (Å²) in [7, 11) is 0. The Morgan fingerprint density at radius 3 is 2.77 bits per heavy atom. The van der Waals surface area contributed by atoms with Gasteiger partial charge in [-0.15, -0.1) is 0 Å². The number of aryl methyl sites for hydroxylation is 1. The molecule has 0 aliphatic carbocycles. The SMILES string of the molecule is Cc1cccc(CC2CN(C(=O)OC(C)(C)C)CCC2O)c1. The third kappa shape index (κ3) is 4.73. The molecule has 0 aromatic heterocycles. The molecule has 1 amide bonds. The maximum absolute atomic E-state index is 12.2. The van der Waals surface area contributed by atoms with Gasteiger partial charge in [0.2, 0.25) is 0 Å². The lowest BCUT2D eigenvalue weighted by Crippen LogP contribution is -2.48. The highest BCUT2D eigenvalue weighted by Crippen LogP contribution is 2.23. The molecule has 4 heteroatoms. The molecule has 1 aromatic carbocycles. The van der Waals surface area contributed by atoms with Gasteiger partial charge < -0.3 is 14.7 Å². The monoisotopic (exact) mass is 305 g/mol. The van der Waals surface area contributed by atoms with E-state index in [0.717, 1.165) is 6.42 Å². The van der Waals surface area contributed by atoms with Crippen molar-refractivity contribution in [2.24, 2.45) is 5.92 Å². The Hall–Kier alpha value is -1.55. The van der Waals surface area contributed by atoms with E-state index >= 15 is 0 Å². The Kier molecular flexibility index (Phi) is 5.12. The maximum Gasteiger partial charge on any atom is 0.410 e. The lowest BCUT2D eigenvalue weighted by Gasteiger charge is -2.37. The van der Waals surface area contributed by atoms with Crippen molar-refractivity contribution in [1.82, 2.24) is 4.90 Å². The Balaban J connectivity index is 2.00. The predicted octanol–water partition coefficient (Wildman–Crippen LogP) is 3.16. The van der Waals surface area contributed by atoms with Gasteiger partial charge in [0.05, 0.1) is 6.10 Å². The molecule has 0 radical (unpaired) electrons. The summed E-state index contributed by atoms with van der Waals surface area (Å²) in [4.78, 5) is 13.9. The number of hydrogen-bond donors (Lipinski definition) is 1. The molecule has 4 nitrogen and oxygen atoms in total. The second-order valence-electron chi connectivity index (χ2n) is 7.24. The van der Waals surface area contributed by atoms with E-state index in [9.17, 15) is 9.90 Å². The largest absolute Gasteiger partial charge is 0.444 e. The van der Waals surface area contributed by atoms with Crippen molar-refractivity contribution >= 4 is 6.09 Å². The van der Waals surface area contributed by atoms with Crippen LogP contribution in [0.3, 0.4) is 0 Å². The zero-order chi connectivity index (χ0) is 16.3. The second-order valence-corrected chi connectivity index (χ2v) is 7.24. The standard InChI is InChI=1S/C18H27NO3/c1-13-6-5-7-14(10-13)11-15-12-19(9-8-16(15)20)17(21)22-18(2,3)4/h5-7,10,15-16,20H,8-9,11-12H2,1-4H3. The number of aliphatic hydroxyl groups is 1. The van der Waals surface area contributed by atoms with Gasteiger partial charge in [0, 0.05) is 19.0 Å². The van der Waals surface area contributed by atoms with Crippen molar-refractivity contribution in [1.29, 1.82) is 0 Å². The lowest BCUT2D eigenvalue weighted by molar-refractivity contribution is -0.00824. The molecule has 2 rings (SSSR count). The minimum Gasteiger partial charge on any atom is -0.444 e. The molecule has 1 fully saturated rings. The van der Waals surface area contributed by atoms with Crippen molar-refractivity contribution in [3.05, 3.63) is 35.4 Å². The van der Waals surface area contributed by atoms with Crippen LogP contribution in [0.1, 0.15) is 38.3 Å². The summed E-state index contributed by atoms with van der Waals surface area (Å²) < 4.78 is 5.44. The van der Waals surface area contributed by atoms with E-state index in [1.54, 1.807) is 4.90 Å². The average molecular weight is 305 g/mol. The highest BCUT2D eigenvalue weighted by molar-refractivity contribution is 5.68. The fraction of sp³-hybridized carbons (Fsp3) is 0.611. The summed E-state index contributed by atoms with van der Waals surface area (Å²) in [5, 5.41) is 10.3. The summed E-state index contributed by atoms with van der Waals surface area (Å²) >= 11 is 0. The van der Waals surface area contributed by atoms with E-state index in [0.29, 0.717) is 19.5 Å². The molecule has 22 heavy (non-hydrogen) atoms. The van der Waals surface area contributed by atoms with Crippen molar-refractivity contribution < 1.29 is 14.6 Å². The summed E-state index contributed by atoms with van der Waals surface area (Å²) in [5.41, 5.74) is 1.93. The quantitative estimate of drug-likeness (QED) is 0.913. The van der Waals surface area contributed by atoms with Crippen LogP contribution < -0.4 is 0 Å². The molecule has 1 N–H and O–H groups in total. The highest BCUT2D eigenvalue weighted by atomic mass is 16.6. The van der Waals surface area contributed by atoms with E-state index in [4.69, 9.17) is 4.74 Å². The van der Waals surface area contributed by atoms with Gasteiger partial charge in [-0.25, -0.2) is 4.79 Å². The number of piperidine rings is 1. The van der Waals surface area contributed by atoms with Gasteiger partial charge >= 0.3 is 6.09 Å². The summed E-state index contributed by atoms with van der Waals surface area (Å²) in [6, 6.07) is 8.31. The number of carbonyl (C=O) groups excluding carboxylic acids is 1. The van der Waals surface area contributed by atoms with Crippen LogP contribution in [0.5, 0.6) is 0 Å². The second kappa shape index (κ2) is 6.69. The topological polar surface area (TPSA) is 49.8 Å². The van der Waals surface area contributed by atoms with Gasteiger partial charge in [0.25, 0.3) is 0 Å². The molecule has 0 spiro atoms. The van der Waals surface area contributed by atoms with Crippen LogP contribution in [0.2, 0.25) is 0 Å². The van der Waals surface area contributed by atoms with E-state index in [-0.39, 0.29) is 18.1 Å². The molecular formula is C18H27NO3.